The maximum atomic E-state index is 11.9. The molecule has 1 aliphatic heterocycles. The highest BCUT2D eigenvalue weighted by Gasteiger charge is 2.14. The van der Waals surface area contributed by atoms with Gasteiger partial charge in [0.05, 0.1) is 10.1 Å². The summed E-state index contributed by atoms with van der Waals surface area (Å²) in [4.78, 5) is 13.0. The first-order valence-corrected chi connectivity index (χ1v) is 8.57. The van der Waals surface area contributed by atoms with E-state index >= 15 is 0 Å². The van der Waals surface area contributed by atoms with Gasteiger partial charge in [0.1, 0.15) is 0 Å². The Morgan fingerprint density at radius 3 is 2.95 bits per heavy atom. The van der Waals surface area contributed by atoms with Crippen LogP contribution < -0.4 is 14.8 Å². The quantitative estimate of drug-likeness (QED) is 0.892. The SMILES string of the molecule is O=C(CSCc1ccc(Cl)s1)Nc1ccc2c(c1)OCO2. The van der Waals surface area contributed by atoms with Crippen molar-refractivity contribution in [2.45, 2.75) is 5.75 Å². The summed E-state index contributed by atoms with van der Waals surface area (Å²) < 4.78 is 11.3. The van der Waals surface area contributed by atoms with Gasteiger partial charge >= 0.3 is 0 Å². The third kappa shape index (κ3) is 3.84. The van der Waals surface area contributed by atoms with Gasteiger partial charge in [-0.15, -0.1) is 23.1 Å². The number of fused-ring (bicyclic) bond motifs is 1. The number of hydrogen-bond acceptors (Lipinski definition) is 5. The fourth-order valence-corrected chi connectivity index (χ4v) is 3.87. The van der Waals surface area contributed by atoms with Gasteiger partial charge in [-0.1, -0.05) is 11.6 Å². The van der Waals surface area contributed by atoms with Crippen molar-refractivity contribution < 1.29 is 14.3 Å². The molecule has 4 nitrogen and oxygen atoms in total. The molecule has 0 atom stereocenters. The molecule has 0 radical (unpaired) electrons. The van der Waals surface area contributed by atoms with Gasteiger partial charge < -0.3 is 14.8 Å². The van der Waals surface area contributed by atoms with Crippen LogP contribution in [0.4, 0.5) is 5.69 Å². The number of hydrogen-bond donors (Lipinski definition) is 1. The Bertz CT molecular complexity index is 659. The van der Waals surface area contributed by atoms with Crippen LogP contribution in [0.15, 0.2) is 30.3 Å². The van der Waals surface area contributed by atoms with E-state index in [-0.39, 0.29) is 12.7 Å². The summed E-state index contributed by atoms with van der Waals surface area (Å²) in [6.07, 6.45) is 0. The predicted octanol–water partition coefficient (Wildman–Crippen LogP) is 4.00. The highest BCUT2D eigenvalue weighted by molar-refractivity contribution is 7.99. The van der Waals surface area contributed by atoms with Gasteiger partial charge in [0.15, 0.2) is 11.5 Å². The lowest BCUT2D eigenvalue weighted by Crippen LogP contribution is -2.14. The van der Waals surface area contributed by atoms with Gasteiger partial charge in [-0.05, 0) is 24.3 Å². The van der Waals surface area contributed by atoms with Crippen molar-refractivity contribution in [1.82, 2.24) is 0 Å². The van der Waals surface area contributed by atoms with Gasteiger partial charge in [-0.3, -0.25) is 4.79 Å². The van der Waals surface area contributed by atoms with E-state index < -0.39 is 0 Å². The number of thiophene rings is 1. The number of nitrogens with one attached hydrogen (secondary N) is 1. The van der Waals surface area contributed by atoms with Gasteiger partial charge in [0.2, 0.25) is 12.7 Å². The highest BCUT2D eigenvalue weighted by Crippen LogP contribution is 2.34. The highest BCUT2D eigenvalue weighted by atomic mass is 35.5. The van der Waals surface area contributed by atoms with Crippen LogP contribution in [0.2, 0.25) is 4.34 Å². The lowest BCUT2D eigenvalue weighted by Gasteiger charge is -2.05. The molecule has 0 saturated carbocycles. The lowest BCUT2D eigenvalue weighted by molar-refractivity contribution is -0.113. The number of benzene rings is 1. The number of ether oxygens (including phenoxy) is 2. The fraction of sp³-hybridized carbons (Fsp3) is 0.214. The Hall–Kier alpha value is -1.37. The van der Waals surface area contributed by atoms with Crippen LogP contribution >= 0.6 is 34.7 Å². The molecule has 1 aromatic heterocycles. The van der Waals surface area contributed by atoms with Crippen LogP contribution in [0.1, 0.15) is 4.88 Å². The summed E-state index contributed by atoms with van der Waals surface area (Å²) in [7, 11) is 0. The van der Waals surface area contributed by atoms with Crippen LogP contribution in [-0.4, -0.2) is 18.5 Å². The first-order valence-electron chi connectivity index (χ1n) is 6.22. The molecule has 1 aromatic carbocycles. The van der Waals surface area contributed by atoms with Crippen molar-refractivity contribution in [2.24, 2.45) is 0 Å². The third-order valence-corrected chi connectivity index (χ3v) is 5.16. The van der Waals surface area contributed by atoms with E-state index in [4.69, 9.17) is 21.1 Å². The minimum Gasteiger partial charge on any atom is -0.454 e. The lowest BCUT2D eigenvalue weighted by atomic mass is 10.3. The van der Waals surface area contributed by atoms with Crippen LogP contribution in [0, 0.1) is 0 Å². The molecule has 0 unspecified atom stereocenters. The molecule has 1 amide bonds. The van der Waals surface area contributed by atoms with Crippen LogP contribution in [0.3, 0.4) is 0 Å². The van der Waals surface area contributed by atoms with Crippen LogP contribution in [0.5, 0.6) is 11.5 Å². The molecular formula is C14H12ClNO3S2. The largest absolute Gasteiger partial charge is 0.454 e. The minimum atomic E-state index is -0.0403. The summed E-state index contributed by atoms with van der Waals surface area (Å²) in [6, 6.07) is 9.21. The average molecular weight is 342 g/mol. The van der Waals surface area contributed by atoms with Crippen molar-refractivity contribution in [2.75, 3.05) is 17.9 Å². The summed E-state index contributed by atoms with van der Waals surface area (Å²) in [5.41, 5.74) is 0.712. The molecule has 1 N–H and O–H groups in total. The molecule has 2 heterocycles. The number of amides is 1. The number of halogens is 1. The fourth-order valence-electron chi connectivity index (χ4n) is 1.85. The Labute approximate surface area is 135 Å². The number of anilines is 1. The minimum absolute atomic E-state index is 0.0403. The molecule has 0 aliphatic carbocycles. The molecule has 2 aromatic rings. The number of carbonyl (C=O) groups is 1. The van der Waals surface area contributed by atoms with Crippen molar-refractivity contribution >= 4 is 46.3 Å². The van der Waals surface area contributed by atoms with Crippen molar-refractivity contribution in [3.05, 3.63) is 39.5 Å². The topological polar surface area (TPSA) is 47.6 Å². The van der Waals surface area contributed by atoms with E-state index in [1.54, 1.807) is 30.0 Å². The molecule has 0 bridgehead atoms. The zero-order valence-corrected chi connectivity index (χ0v) is 13.3. The number of thioether (sulfide) groups is 1. The van der Waals surface area contributed by atoms with Crippen LogP contribution in [-0.2, 0) is 10.5 Å². The average Bonchev–Trinajstić information content (AvgIpc) is 3.07. The molecule has 110 valence electrons. The van der Waals surface area contributed by atoms with Gasteiger partial charge in [-0.25, -0.2) is 0 Å². The standard InChI is InChI=1S/C14H12ClNO3S2/c15-13-4-2-10(21-13)6-20-7-14(17)16-9-1-3-11-12(5-9)19-8-18-11/h1-5H,6-8H2,(H,16,17). The molecule has 7 heteroatoms. The zero-order chi connectivity index (χ0) is 14.7. The van der Waals surface area contributed by atoms with E-state index in [2.05, 4.69) is 5.32 Å². The van der Waals surface area contributed by atoms with Crippen LogP contribution in [0.25, 0.3) is 0 Å². The van der Waals surface area contributed by atoms with E-state index in [1.807, 2.05) is 12.1 Å². The monoisotopic (exact) mass is 341 g/mol. The molecule has 21 heavy (non-hydrogen) atoms. The Kier molecular flexibility index (Phi) is 4.57. The molecular weight excluding hydrogens is 330 g/mol. The second-order valence-corrected chi connectivity index (χ2v) is 7.10. The van der Waals surface area contributed by atoms with Crippen molar-refractivity contribution in [3.63, 3.8) is 0 Å². The zero-order valence-electron chi connectivity index (χ0n) is 10.9. The van der Waals surface area contributed by atoms with E-state index in [1.165, 1.54) is 16.2 Å². The predicted molar refractivity (Wildman–Crippen MR) is 86.7 cm³/mol. The Morgan fingerprint density at radius 1 is 1.29 bits per heavy atom. The Morgan fingerprint density at radius 2 is 2.14 bits per heavy atom. The molecule has 0 saturated heterocycles. The smallest absolute Gasteiger partial charge is 0.234 e. The first kappa shape index (κ1) is 14.6. The second kappa shape index (κ2) is 6.60. The Balaban J connectivity index is 1.48. The number of rotatable bonds is 5. The summed E-state index contributed by atoms with van der Waals surface area (Å²) in [5.74, 6) is 2.50. The molecule has 3 rings (SSSR count). The van der Waals surface area contributed by atoms with E-state index in [9.17, 15) is 4.79 Å². The number of carbonyl (C=O) groups excluding carboxylic acids is 1. The maximum Gasteiger partial charge on any atom is 0.234 e. The molecule has 0 fully saturated rings. The summed E-state index contributed by atoms with van der Waals surface area (Å²) >= 11 is 8.96. The van der Waals surface area contributed by atoms with E-state index in [0.717, 1.165) is 10.1 Å². The van der Waals surface area contributed by atoms with Crippen molar-refractivity contribution in [3.8, 4) is 11.5 Å². The summed E-state index contributed by atoms with van der Waals surface area (Å²) in [5, 5.41) is 2.85. The third-order valence-electron chi connectivity index (χ3n) is 2.76. The summed E-state index contributed by atoms with van der Waals surface area (Å²) in [6.45, 7) is 0.228. The van der Waals surface area contributed by atoms with Gasteiger partial charge in [-0.2, -0.15) is 0 Å². The first-order chi connectivity index (χ1) is 10.2. The molecule has 0 spiro atoms. The second-order valence-electron chi connectivity index (χ2n) is 4.31. The van der Waals surface area contributed by atoms with Gasteiger partial charge in [0.25, 0.3) is 0 Å². The molecule has 1 aliphatic rings. The normalized spacial score (nSPS) is 12.4. The van der Waals surface area contributed by atoms with Crippen molar-refractivity contribution in [1.29, 1.82) is 0 Å². The van der Waals surface area contributed by atoms with Gasteiger partial charge in [0, 0.05) is 22.4 Å². The maximum absolute atomic E-state index is 11.9. The van der Waals surface area contributed by atoms with E-state index in [0.29, 0.717) is 22.9 Å².